The molecule has 0 atom stereocenters. The maximum atomic E-state index is 3.18. The first-order valence-corrected chi connectivity index (χ1v) is 8.52. The van der Waals surface area contributed by atoms with Gasteiger partial charge in [-0.15, -0.1) is 0 Å². The number of aryl methyl sites for hydroxylation is 2. The molecular weight excluding hydrogens is 256 g/mol. The van der Waals surface area contributed by atoms with Crippen molar-refractivity contribution in [3.05, 3.63) is 48.0 Å². The molecule has 0 spiro atoms. The van der Waals surface area contributed by atoms with E-state index >= 15 is 0 Å². The molecule has 1 N–H and O–H groups in total. The summed E-state index contributed by atoms with van der Waals surface area (Å²) in [6, 6.07) is 6.84. The second kappa shape index (κ2) is 8.66. The average molecular weight is 285 g/mol. The molecule has 1 aromatic heterocycles. The third-order valence-electron chi connectivity index (χ3n) is 4.11. The molecule has 2 nitrogen and oxygen atoms in total. The second-order valence-electron chi connectivity index (χ2n) is 5.86. The maximum absolute atomic E-state index is 3.18. The molecule has 0 aliphatic heterocycles. The summed E-state index contributed by atoms with van der Waals surface area (Å²) in [5, 5.41) is 0. The Balaban J connectivity index is 2.24. The lowest BCUT2D eigenvalue weighted by molar-refractivity contribution is -0.595. The molecule has 0 unspecified atom stereocenters. The third-order valence-corrected chi connectivity index (χ3v) is 4.11. The van der Waals surface area contributed by atoms with Crippen LogP contribution in [0.15, 0.2) is 36.9 Å². The fourth-order valence-corrected chi connectivity index (χ4v) is 2.94. The molecule has 2 heteroatoms. The number of hydrogen-bond donors (Lipinski definition) is 1. The first kappa shape index (κ1) is 15.8. The molecule has 21 heavy (non-hydrogen) atoms. The van der Waals surface area contributed by atoms with Gasteiger partial charge in [0.15, 0.2) is 0 Å². The van der Waals surface area contributed by atoms with Gasteiger partial charge in [0.05, 0.1) is 0 Å². The number of hydrogen-bond acceptors (Lipinski definition) is 0. The normalized spacial score (nSPS) is 11.0. The molecule has 0 radical (unpaired) electrons. The number of H-pyrrole nitrogens is 1. The molecule has 0 amide bonds. The Labute approximate surface area is 129 Å². The summed E-state index contributed by atoms with van der Waals surface area (Å²) < 4.78 is 2.25. The van der Waals surface area contributed by atoms with Crippen LogP contribution in [0.1, 0.15) is 63.5 Å². The molecule has 114 valence electrons. The van der Waals surface area contributed by atoms with Crippen LogP contribution in [0.4, 0.5) is 0 Å². The molecule has 0 saturated carbocycles. The van der Waals surface area contributed by atoms with Gasteiger partial charge in [0, 0.05) is 0 Å². The van der Waals surface area contributed by atoms with Gasteiger partial charge in [0.1, 0.15) is 18.1 Å². The molecule has 2 aromatic rings. The Morgan fingerprint density at radius 1 is 0.905 bits per heavy atom. The quantitative estimate of drug-likeness (QED) is 0.506. The van der Waals surface area contributed by atoms with Gasteiger partial charge in [0.2, 0.25) is 6.33 Å². The summed E-state index contributed by atoms with van der Waals surface area (Å²) >= 11 is 0. The highest BCUT2D eigenvalue weighted by Crippen LogP contribution is 2.20. The summed E-state index contributed by atoms with van der Waals surface area (Å²) in [6.07, 6.45) is 16.3. The van der Waals surface area contributed by atoms with Crippen LogP contribution in [0.25, 0.3) is 5.69 Å². The highest BCUT2D eigenvalue weighted by Gasteiger charge is 2.14. The summed E-state index contributed by atoms with van der Waals surface area (Å²) in [5.41, 5.74) is 4.38. The zero-order valence-electron chi connectivity index (χ0n) is 13.6. The largest absolute Gasteiger partial charge is 0.250 e. The molecule has 0 aliphatic rings. The predicted octanol–water partition coefficient (Wildman–Crippen LogP) is 4.76. The Morgan fingerprint density at radius 3 is 2.00 bits per heavy atom. The Kier molecular flexibility index (Phi) is 6.52. The van der Waals surface area contributed by atoms with Gasteiger partial charge in [-0.25, -0.2) is 9.55 Å². The van der Waals surface area contributed by atoms with E-state index in [0.717, 1.165) is 0 Å². The van der Waals surface area contributed by atoms with Gasteiger partial charge in [-0.2, -0.15) is 0 Å². The number of unbranched alkanes of at least 4 members (excludes halogenated alkanes) is 4. The third kappa shape index (κ3) is 4.45. The molecule has 1 heterocycles. The Bertz CT molecular complexity index is 486. The molecule has 1 aromatic carbocycles. The van der Waals surface area contributed by atoms with E-state index in [-0.39, 0.29) is 0 Å². The molecule has 0 bridgehead atoms. The monoisotopic (exact) mass is 285 g/mol. The van der Waals surface area contributed by atoms with E-state index in [1.807, 2.05) is 6.20 Å². The van der Waals surface area contributed by atoms with E-state index in [1.54, 1.807) is 0 Å². The van der Waals surface area contributed by atoms with Crippen molar-refractivity contribution in [2.75, 3.05) is 0 Å². The van der Waals surface area contributed by atoms with Crippen molar-refractivity contribution >= 4 is 0 Å². The van der Waals surface area contributed by atoms with Gasteiger partial charge >= 0.3 is 0 Å². The van der Waals surface area contributed by atoms with Crippen LogP contribution >= 0.6 is 0 Å². The van der Waals surface area contributed by atoms with Gasteiger partial charge in [-0.05, 0) is 36.8 Å². The number of para-hydroxylation sites is 1. The van der Waals surface area contributed by atoms with Crippen molar-refractivity contribution in [2.24, 2.45) is 0 Å². The van der Waals surface area contributed by atoms with Gasteiger partial charge in [-0.3, -0.25) is 0 Å². The van der Waals surface area contributed by atoms with E-state index < -0.39 is 0 Å². The predicted molar refractivity (Wildman–Crippen MR) is 88.8 cm³/mol. The standard InChI is InChI=1S/C19H28N2/c1-3-5-7-10-17-12-9-13-18(11-8-6-4-2)19(17)21-15-14-20-16-21/h9,12-16H,3-8,10-11H2,1-2H3/p+1. The van der Waals surface area contributed by atoms with Crippen LogP contribution in [0.2, 0.25) is 0 Å². The summed E-state index contributed by atoms with van der Waals surface area (Å²) in [4.78, 5) is 3.18. The highest BCUT2D eigenvalue weighted by atomic mass is 15.0. The lowest BCUT2D eigenvalue weighted by Crippen LogP contribution is -2.30. The average Bonchev–Trinajstić information content (AvgIpc) is 3.02. The van der Waals surface area contributed by atoms with Crippen LogP contribution < -0.4 is 4.57 Å². The van der Waals surface area contributed by atoms with Crippen molar-refractivity contribution in [3.8, 4) is 5.69 Å². The topological polar surface area (TPSA) is 19.7 Å². The molecule has 0 aliphatic carbocycles. The van der Waals surface area contributed by atoms with Gasteiger partial charge in [-0.1, -0.05) is 57.7 Å². The summed E-state index contributed by atoms with van der Waals surface area (Å²) in [6.45, 7) is 4.53. The van der Waals surface area contributed by atoms with Crippen molar-refractivity contribution in [1.82, 2.24) is 4.98 Å². The minimum absolute atomic E-state index is 1.18. The molecular formula is C19H29N2+. The first-order chi connectivity index (χ1) is 10.4. The highest BCUT2D eigenvalue weighted by molar-refractivity contribution is 5.42. The number of nitrogens with one attached hydrogen (secondary N) is 1. The minimum Gasteiger partial charge on any atom is -0.250 e. The van der Waals surface area contributed by atoms with Crippen LogP contribution in [-0.4, -0.2) is 4.98 Å². The van der Waals surface area contributed by atoms with E-state index in [4.69, 9.17) is 0 Å². The van der Waals surface area contributed by atoms with Crippen LogP contribution in [-0.2, 0) is 12.8 Å². The van der Waals surface area contributed by atoms with E-state index in [2.05, 4.69) is 54.1 Å². The zero-order valence-corrected chi connectivity index (χ0v) is 13.6. The van der Waals surface area contributed by atoms with Crippen molar-refractivity contribution < 1.29 is 4.57 Å². The van der Waals surface area contributed by atoms with E-state index in [9.17, 15) is 0 Å². The van der Waals surface area contributed by atoms with E-state index in [1.165, 1.54) is 68.2 Å². The molecule has 0 fully saturated rings. The lowest BCUT2D eigenvalue weighted by Gasteiger charge is -2.11. The minimum atomic E-state index is 1.18. The molecule has 2 rings (SSSR count). The second-order valence-corrected chi connectivity index (χ2v) is 5.86. The fourth-order valence-electron chi connectivity index (χ4n) is 2.94. The summed E-state index contributed by atoms with van der Waals surface area (Å²) in [7, 11) is 0. The number of aromatic amines is 1. The van der Waals surface area contributed by atoms with E-state index in [0.29, 0.717) is 0 Å². The summed E-state index contributed by atoms with van der Waals surface area (Å²) in [5.74, 6) is 0. The van der Waals surface area contributed by atoms with Crippen LogP contribution in [0.3, 0.4) is 0 Å². The van der Waals surface area contributed by atoms with Crippen molar-refractivity contribution in [1.29, 1.82) is 0 Å². The zero-order chi connectivity index (χ0) is 14.9. The SMILES string of the molecule is CCCCCc1cccc(CCCCC)c1-[n+]1cc[nH]c1. The van der Waals surface area contributed by atoms with Gasteiger partial charge < -0.3 is 0 Å². The first-order valence-electron chi connectivity index (χ1n) is 8.52. The molecule has 0 saturated heterocycles. The van der Waals surface area contributed by atoms with Crippen molar-refractivity contribution in [3.63, 3.8) is 0 Å². The van der Waals surface area contributed by atoms with Crippen molar-refractivity contribution in [2.45, 2.75) is 65.2 Å². The van der Waals surface area contributed by atoms with Gasteiger partial charge in [0.25, 0.3) is 0 Å². The Hall–Kier alpha value is -1.57. The van der Waals surface area contributed by atoms with Crippen LogP contribution in [0.5, 0.6) is 0 Å². The number of nitrogens with zero attached hydrogens (tertiary/aromatic N) is 1. The fraction of sp³-hybridized carbons (Fsp3) is 0.526. The number of imidazole rings is 1. The number of benzene rings is 1. The maximum Gasteiger partial charge on any atom is 0.246 e. The van der Waals surface area contributed by atoms with Crippen LogP contribution in [0, 0.1) is 0 Å². The smallest absolute Gasteiger partial charge is 0.246 e. The number of aromatic nitrogens is 2. The number of rotatable bonds is 9. The lowest BCUT2D eigenvalue weighted by atomic mass is 9.98. The Morgan fingerprint density at radius 2 is 1.52 bits per heavy atom.